The highest BCUT2D eigenvalue weighted by Gasteiger charge is 2.03. The number of aromatic nitrogens is 3. The van der Waals surface area contributed by atoms with Crippen molar-refractivity contribution in [3.63, 3.8) is 0 Å². The van der Waals surface area contributed by atoms with Gasteiger partial charge in [0, 0.05) is 41.0 Å². The molecule has 4 heteroatoms. The summed E-state index contributed by atoms with van der Waals surface area (Å²) < 4.78 is 0. The van der Waals surface area contributed by atoms with Crippen molar-refractivity contribution in [3.05, 3.63) is 42.2 Å². The molecular weight excluding hydrogens is 190 g/mol. The van der Waals surface area contributed by atoms with Gasteiger partial charge in [-0.05, 0) is 13.0 Å². The summed E-state index contributed by atoms with van der Waals surface area (Å²) in [5.41, 5.74) is 3.18. The van der Waals surface area contributed by atoms with Gasteiger partial charge in [-0.3, -0.25) is 9.78 Å². The molecule has 0 saturated carbocycles. The van der Waals surface area contributed by atoms with Gasteiger partial charge < -0.3 is 0 Å². The smallest absolute Gasteiger partial charge is 0.151 e. The molecule has 0 unspecified atom stereocenters. The molecule has 0 aromatic carbocycles. The molecule has 74 valence electrons. The van der Waals surface area contributed by atoms with Crippen molar-refractivity contribution in [1.29, 1.82) is 0 Å². The fourth-order valence-corrected chi connectivity index (χ4v) is 1.34. The third kappa shape index (κ3) is 1.88. The summed E-state index contributed by atoms with van der Waals surface area (Å²) in [5.74, 6) is 0. The molecule has 0 N–H and O–H groups in total. The highest BCUT2D eigenvalue weighted by Crippen LogP contribution is 2.19. The van der Waals surface area contributed by atoms with Crippen molar-refractivity contribution in [2.24, 2.45) is 0 Å². The molecule has 0 saturated heterocycles. The average molecular weight is 199 g/mol. The standard InChI is InChI=1S/C11H9N3O/c1-8-11(5-13-7-14-8)10-2-9(6-15)3-12-4-10/h2-7H,1H3. The van der Waals surface area contributed by atoms with E-state index in [4.69, 9.17) is 0 Å². The lowest BCUT2D eigenvalue weighted by atomic mass is 10.1. The van der Waals surface area contributed by atoms with Gasteiger partial charge in [-0.15, -0.1) is 0 Å². The monoisotopic (exact) mass is 199 g/mol. The highest BCUT2D eigenvalue weighted by molar-refractivity contribution is 5.78. The maximum atomic E-state index is 10.6. The number of aldehydes is 1. The molecule has 0 aliphatic carbocycles. The molecule has 0 fully saturated rings. The summed E-state index contributed by atoms with van der Waals surface area (Å²) in [6, 6.07) is 1.77. The molecular formula is C11H9N3O. The number of hydrogen-bond donors (Lipinski definition) is 0. The molecule has 4 nitrogen and oxygen atoms in total. The van der Waals surface area contributed by atoms with Crippen LogP contribution >= 0.6 is 0 Å². The molecule has 2 aromatic rings. The molecule has 15 heavy (non-hydrogen) atoms. The Morgan fingerprint density at radius 1 is 1.20 bits per heavy atom. The Morgan fingerprint density at radius 3 is 2.80 bits per heavy atom. The first-order valence-electron chi connectivity index (χ1n) is 4.48. The quantitative estimate of drug-likeness (QED) is 0.690. The second-order valence-corrected chi connectivity index (χ2v) is 3.15. The van der Waals surface area contributed by atoms with Crippen molar-refractivity contribution in [1.82, 2.24) is 15.0 Å². The van der Waals surface area contributed by atoms with Gasteiger partial charge in [0.25, 0.3) is 0 Å². The maximum Gasteiger partial charge on any atom is 0.151 e. The van der Waals surface area contributed by atoms with Crippen LogP contribution in [0.5, 0.6) is 0 Å². The second-order valence-electron chi connectivity index (χ2n) is 3.15. The molecule has 0 amide bonds. The lowest BCUT2D eigenvalue weighted by Crippen LogP contribution is -1.91. The Labute approximate surface area is 87.0 Å². The van der Waals surface area contributed by atoms with Crippen LogP contribution in [0.25, 0.3) is 11.1 Å². The molecule has 0 bridgehead atoms. The van der Waals surface area contributed by atoms with Crippen LogP contribution in [-0.2, 0) is 0 Å². The van der Waals surface area contributed by atoms with Crippen molar-refractivity contribution >= 4 is 6.29 Å². The fraction of sp³-hybridized carbons (Fsp3) is 0.0909. The van der Waals surface area contributed by atoms with E-state index in [2.05, 4.69) is 15.0 Å². The summed E-state index contributed by atoms with van der Waals surface area (Å²) in [6.07, 6.45) is 7.20. The van der Waals surface area contributed by atoms with Crippen molar-refractivity contribution in [3.8, 4) is 11.1 Å². The minimum absolute atomic E-state index is 0.552. The second kappa shape index (κ2) is 3.96. The fourth-order valence-electron chi connectivity index (χ4n) is 1.34. The van der Waals surface area contributed by atoms with Crippen LogP contribution in [-0.4, -0.2) is 21.2 Å². The zero-order chi connectivity index (χ0) is 10.7. The number of carbonyl (C=O) groups is 1. The Kier molecular flexibility index (Phi) is 2.49. The Bertz CT molecular complexity index is 497. The van der Waals surface area contributed by atoms with Crippen molar-refractivity contribution in [2.45, 2.75) is 6.92 Å². The van der Waals surface area contributed by atoms with E-state index >= 15 is 0 Å². The molecule has 0 spiro atoms. The zero-order valence-electron chi connectivity index (χ0n) is 8.21. The first kappa shape index (κ1) is 9.45. The number of hydrogen-bond acceptors (Lipinski definition) is 4. The van der Waals surface area contributed by atoms with Gasteiger partial charge in [0.15, 0.2) is 6.29 Å². The predicted octanol–water partition coefficient (Wildman–Crippen LogP) is 1.66. The van der Waals surface area contributed by atoms with Crippen molar-refractivity contribution < 1.29 is 4.79 Å². The van der Waals surface area contributed by atoms with Gasteiger partial charge in [0.2, 0.25) is 0 Å². The van der Waals surface area contributed by atoms with Crippen molar-refractivity contribution in [2.75, 3.05) is 0 Å². The van der Waals surface area contributed by atoms with Gasteiger partial charge in [-0.1, -0.05) is 0 Å². The van der Waals surface area contributed by atoms with E-state index in [9.17, 15) is 4.79 Å². The van der Waals surface area contributed by atoms with Crippen LogP contribution in [0.1, 0.15) is 16.1 Å². The van der Waals surface area contributed by atoms with E-state index in [1.807, 2.05) is 6.92 Å². The van der Waals surface area contributed by atoms with E-state index in [0.717, 1.165) is 23.1 Å². The molecule has 2 aromatic heterocycles. The first-order valence-corrected chi connectivity index (χ1v) is 4.48. The largest absolute Gasteiger partial charge is 0.298 e. The molecule has 2 heterocycles. The number of pyridine rings is 1. The summed E-state index contributed by atoms with van der Waals surface area (Å²) in [4.78, 5) is 22.6. The normalized spacial score (nSPS) is 9.93. The van der Waals surface area contributed by atoms with E-state index in [1.54, 1.807) is 18.5 Å². The third-order valence-electron chi connectivity index (χ3n) is 2.12. The summed E-state index contributed by atoms with van der Waals surface area (Å²) >= 11 is 0. The van der Waals surface area contributed by atoms with Crippen LogP contribution in [0.15, 0.2) is 31.0 Å². The molecule has 0 atom stereocenters. The van der Waals surface area contributed by atoms with Crippen LogP contribution in [0.3, 0.4) is 0 Å². The summed E-state index contributed by atoms with van der Waals surface area (Å²) in [6.45, 7) is 1.89. The summed E-state index contributed by atoms with van der Waals surface area (Å²) in [5, 5.41) is 0. The lowest BCUT2D eigenvalue weighted by Gasteiger charge is -2.03. The molecule has 2 rings (SSSR count). The van der Waals surface area contributed by atoms with E-state index in [-0.39, 0.29) is 0 Å². The Morgan fingerprint density at radius 2 is 2.07 bits per heavy atom. The Hall–Kier alpha value is -2.10. The van der Waals surface area contributed by atoms with E-state index < -0.39 is 0 Å². The Balaban J connectivity index is 2.54. The van der Waals surface area contributed by atoms with Crippen LogP contribution in [0, 0.1) is 6.92 Å². The number of aryl methyl sites for hydroxylation is 1. The topological polar surface area (TPSA) is 55.7 Å². The third-order valence-corrected chi connectivity index (χ3v) is 2.12. The van der Waals surface area contributed by atoms with Gasteiger partial charge >= 0.3 is 0 Å². The van der Waals surface area contributed by atoms with E-state index in [1.165, 1.54) is 12.5 Å². The van der Waals surface area contributed by atoms with Crippen LogP contribution < -0.4 is 0 Å². The van der Waals surface area contributed by atoms with Crippen LogP contribution in [0.4, 0.5) is 0 Å². The minimum Gasteiger partial charge on any atom is -0.298 e. The predicted molar refractivity (Wildman–Crippen MR) is 55.4 cm³/mol. The van der Waals surface area contributed by atoms with E-state index in [0.29, 0.717) is 5.56 Å². The number of rotatable bonds is 2. The van der Waals surface area contributed by atoms with Gasteiger partial charge in [0.05, 0.1) is 0 Å². The summed E-state index contributed by atoms with van der Waals surface area (Å²) in [7, 11) is 0. The lowest BCUT2D eigenvalue weighted by molar-refractivity contribution is 0.112. The van der Waals surface area contributed by atoms with Gasteiger partial charge in [0.1, 0.15) is 6.33 Å². The molecule has 0 aliphatic rings. The number of carbonyl (C=O) groups excluding carboxylic acids is 1. The van der Waals surface area contributed by atoms with Gasteiger partial charge in [-0.25, -0.2) is 9.97 Å². The maximum absolute atomic E-state index is 10.6. The average Bonchev–Trinajstić information content (AvgIpc) is 2.30. The first-order chi connectivity index (χ1) is 7.31. The molecule has 0 radical (unpaired) electrons. The van der Waals surface area contributed by atoms with Crippen LogP contribution in [0.2, 0.25) is 0 Å². The minimum atomic E-state index is 0.552. The zero-order valence-corrected chi connectivity index (χ0v) is 8.21. The van der Waals surface area contributed by atoms with Gasteiger partial charge in [-0.2, -0.15) is 0 Å². The SMILES string of the molecule is Cc1ncncc1-c1cncc(C=O)c1. The molecule has 0 aliphatic heterocycles. The number of nitrogens with zero attached hydrogens (tertiary/aromatic N) is 3. The highest BCUT2D eigenvalue weighted by atomic mass is 16.1.